The average molecular weight is 433 g/mol. The molecule has 2 N–H and O–H groups in total. The summed E-state index contributed by atoms with van der Waals surface area (Å²) in [6.45, 7) is 0.256. The smallest absolute Gasteiger partial charge is 0.271 e. The third kappa shape index (κ3) is 4.87. The van der Waals surface area contributed by atoms with Crippen LogP contribution in [0.2, 0.25) is 0 Å². The van der Waals surface area contributed by atoms with Crippen LogP contribution in [0.3, 0.4) is 0 Å². The number of ether oxygens (including phenoxy) is 2. The highest BCUT2D eigenvalue weighted by Gasteiger charge is 2.16. The standard InChI is InChI=1S/C20H20N2O5S2/c1-26-17-6-3-5-15(19(17)27-2)13-21-20(23)14-8-10-16(11-9-14)22-29(24,25)18-7-4-12-28-18/h3-12,22H,13H2,1-2H3,(H,21,23). The van der Waals surface area contributed by atoms with E-state index in [1.165, 1.54) is 6.07 Å². The van der Waals surface area contributed by atoms with E-state index in [9.17, 15) is 13.2 Å². The first-order chi connectivity index (χ1) is 13.9. The minimum Gasteiger partial charge on any atom is -0.493 e. The quantitative estimate of drug-likeness (QED) is 0.568. The summed E-state index contributed by atoms with van der Waals surface area (Å²) in [6.07, 6.45) is 0. The fraction of sp³-hybridized carbons (Fsp3) is 0.150. The number of thiophene rings is 1. The molecule has 0 saturated carbocycles. The molecule has 1 amide bonds. The van der Waals surface area contributed by atoms with E-state index in [2.05, 4.69) is 10.0 Å². The molecule has 0 unspecified atom stereocenters. The molecule has 1 heterocycles. The van der Waals surface area contributed by atoms with Crippen molar-refractivity contribution >= 4 is 33.0 Å². The summed E-state index contributed by atoms with van der Waals surface area (Å²) in [5, 5.41) is 4.51. The number of amides is 1. The number of hydrogen-bond acceptors (Lipinski definition) is 6. The van der Waals surface area contributed by atoms with Crippen molar-refractivity contribution in [1.82, 2.24) is 5.32 Å². The molecule has 0 aliphatic heterocycles. The van der Waals surface area contributed by atoms with E-state index in [0.29, 0.717) is 22.7 Å². The predicted molar refractivity (Wildman–Crippen MR) is 112 cm³/mol. The van der Waals surface area contributed by atoms with E-state index in [1.54, 1.807) is 56.0 Å². The molecule has 7 nitrogen and oxygen atoms in total. The van der Waals surface area contributed by atoms with Crippen molar-refractivity contribution < 1.29 is 22.7 Å². The van der Waals surface area contributed by atoms with Crippen LogP contribution < -0.4 is 19.5 Å². The first-order valence-corrected chi connectivity index (χ1v) is 11.0. The molecule has 1 aromatic heterocycles. The van der Waals surface area contributed by atoms with Crippen LogP contribution in [-0.4, -0.2) is 28.5 Å². The predicted octanol–water partition coefficient (Wildman–Crippen LogP) is 3.50. The van der Waals surface area contributed by atoms with Crippen LogP contribution in [0.4, 0.5) is 5.69 Å². The topological polar surface area (TPSA) is 93.7 Å². The molecule has 0 bridgehead atoms. The molecule has 152 valence electrons. The molecule has 0 aliphatic carbocycles. The van der Waals surface area contributed by atoms with Gasteiger partial charge in [-0.1, -0.05) is 18.2 Å². The monoisotopic (exact) mass is 432 g/mol. The van der Waals surface area contributed by atoms with E-state index >= 15 is 0 Å². The van der Waals surface area contributed by atoms with Gasteiger partial charge in [-0.15, -0.1) is 11.3 Å². The lowest BCUT2D eigenvalue weighted by atomic mass is 10.1. The molecule has 2 aromatic carbocycles. The first-order valence-electron chi connectivity index (χ1n) is 8.59. The maximum absolute atomic E-state index is 12.4. The van der Waals surface area contributed by atoms with Gasteiger partial charge < -0.3 is 14.8 Å². The minimum atomic E-state index is -3.62. The zero-order valence-corrected chi connectivity index (χ0v) is 17.5. The molecule has 0 radical (unpaired) electrons. The van der Waals surface area contributed by atoms with E-state index in [4.69, 9.17) is 9.47 Å². The molecule has 0 saturated heterocycles. The van der Waals surface area contributed by atoms with Crippen LogP contribution >= 0.6 is 11.3 Å². The Morgan fingerprint density at radius 3 is 2.38 bits per heavy atom. The van der Waals surface area contributed by atoms with Crippen molar-refractivity contribution in [2.45, 2.75) is 10.8 Å². The average Bonchev–Trinajstić information content (AvgIpc) is 3.28. The van der Waals surface area contributed by atoms with Gasteiger partial charge in [0.15, 0.2) is 11.5 Å². The molecular weight excluding hydrogens is 412 g/mol. The van der Waals surface area contributed by atoms with Gasteiger partial charge in [0.2, 0.25) is 0 Å². The fourth-order valence-electron chi connectivity index (χ4n) is 2.68. The van der Waals surface area contributed by atoms with Crippen LogP contribution in [0.25, 0.3) is 0 Å². The van der Waals surface area contributed by atoms with Gasteiger partial charge in [0.1, 0.15) is 4.21 Å². The number of carbonyl (C=O) groups excluding carboxylic acids is 1. The summed E-state index contributed by atoms with van der Waals surface area (Å²) < 4.78 is 37.8. The second-order valence-electron chi connectivity index (χ2n) is 5.95. The van der Waals surface area contributed by atoms with Gasteiger partial charge in [-0.05, 0) is 41.8 Å². The second-order valence-corrected chi connectivity index (χ2v) is 8.81. The second kappa shape index (κ2) is 8.97. The maximum Gasteiger partial charge on any atom is 0.271 e. The number of para-hydroxylation sites is 1. The number of rotatable bonds is 8. The summed E-state index contributed by atoms with van der Waals surface area (Å²) in [5.74, 6) is 0.859. The molecule has 3 rings (SSSR count). The van der Waals surface area contributed by atoms with Crippen molar-refractivity contribution in [2.24, 2.45) is 0 Å². The molecule has 0 atom stereocenters. The Kier molecular flexibility index (Phi) is 6.40. The molecule has 0 spiro atoms. The normalized spacial score (nSPS) is 11.0. The third-order valence-corrected chi connectivity index (χ3v) is 6.86. The number of sulfonamides is 1. The van der Waals surface area contributed by atoms with Gasteiger partial charge in [0.25, 0.3) is 15.9 Å². The van der Waals surface area contributed by atoms with Crippen molar-refractivity contribution in [3.05, 3.63) is 71.1 Å². The summed E-state index contributed by atoms with van der Waals surface area (Å²) in [4.78, 5) is 12.4. The number of carbonyl (C=O) groups is 1. The zero-order valence-electron chi connectivity index (χ0n) is 15.8. The molecule has 9 heteroatoms. The van der Waals surface area contributed by atoms with Crippen LogP contribution in [-0.2, 0) is 16.6 Å². The van der Waals surface area contributed by atoms with Crippen molar-refractivity contribution in [1.29, 1.82) is 0 Å². The largest absolute Gasteiger partial charge is 0.493 e. The van der Waals surface area contributed by atoms with Crippen LogP contribution in [0, 0.1) is 0 Å². The van der Waals surface area contributed by atoms with E-state index in [0.717, 1.165) is 16.9 Å². The van der Waals surface area contributed by atoms with Gasteiger partial charge >= 0.3 is 0 Å². The summed E-state index contributed by atoms with van der Waals surface area (Å²) >= 11 is 1.13. The first kappa shape index (κ1) is 20.7. The molecule has 0 aliphatic rings. The van der Waals surface area contributed by atoms with Crippen LogP contribution in [0.15, 0.2) is 64.2 Å². The molecule has 3 aromatic rings. The van der Waals surface area contributed by atoms with E-state index in [-0.39, 0.29) is 16.7 Å². The Morgan fingerprint density at radius 2 is 1.76 bits per heavy atom. The lowest BCUT2D eigenvalue weighted by Gasteiger charge is -2.13. The Bertz CT molecular complexity index is 1080. The van der Waals surface area contributed by atoms with Crippen molar-refractivity contribution in [3.63, 3.8) is 0 Å². The van der Waals surface area contributed by atoms with Crippen molar-refractivity contribution in [2.75, 3.05) is 18.9 Å². The Hall–Kier alpha value is -3.04. The fourth-order valence-corrected chi connectivity index (χ4v) is 4.73. The van der Waals surface area contributed by atoms with E-state index in [1.807, 2.05) is 12.1 Å². The molecular formula is C20H20N2O5S2. The highest BCUT2D eigenvalue weighted by atomic mass is 32.2. The number of hydrogen-bond donors (Lipinski definition) is 2. The number of nitrogens with one attached hydrogen (secondary N) is 2. The molecule has 29 heavy (non-hydrogen) atoms. The maximum atomic E-state index is 12.4. The summed E-state index contributed by atoms with van der Waals surface area (Å²) in [5.41, 5.74) is 1.57. The lowest BCUT2D eigenvalue weighted by Crippen LogP contribution is -2.23. The van der Waals surface area contributed by atoms with E-state index < -0.39 is 10.0 Å². The number of methoxy groups -OCH3 is 2. The number of anilines is 1. The third-order valence-electron chi connectivity index (χ3n) is 4.08. The summed E-state index contributed by atoms with van der Waals surface area (Å²) in [7, 11) is -0.531. The summed E-state index contributed by atoms with van der Waals surface area (Å²) in [6, 6.07) is 14.8. The minimum absolute atomic E-state index is 0.228. The van der Waals surface area contributed by atoms with Gasteiger partial charge in [-0.25, -0.2) is 8.42 Å². The molecule has 0 fully saturated rings. The Morgan fingerprint density at radius 1 is 1.00 bits per heavy atom. The zero-order chi connectivity index (χ0) is 20.9. The Labute approximate surface area is 173 Å². The SMILES string of the molecule is COc1cccc(CNC(=O)c2ccc(NS(=O)(=O)c3cccs3)cc2)c1OC. The lowest BCUT2D eigenvalue weighted by molar-refractivity contribution is 0.0950. The van der Waals surface area contributed by atoms with Crippen molar-refractivity contribution in [3.8, 4) is 11.5 Å². The highest BCUT2D eigenvalue weighted by Crippen LogP contribution is 2.30. The number of benzene rings is 2. The van der Waals surface area contributed by atoms with Crippen LogP contribution in [0.5, 0.6) is 11.5 Å². The van der Waals surface area contributed by atoms with Gasteiger partial charge in [0.05, 0.1) is 14.2 Å². The van der Waals surface area contributed by atoms with Gasteiger partial charge in [0, 0.05) is 23.4 Å². The van der Waals surface area contributed by atoms with Crippen LogP contribution in [0.1, 0.15) is 15.9 Å². The Balaban J connectivity index is 1.65. The van der Waals surface area contributed by atoms with Gasteiger partial charge in [-0.2, -0.15) is 0 Å². The highest BCUT2D eigenvalue weighted by molar-refractivity contribution is 7.94. The van der Waals surface area contributed by atoms with Gasteiger partial charge in [-0.3, -0.25) is 9.52 Å².